The van der Waals surface area contributed by atoms with Gasteiger partial charge in [-0.1, -0.05) is 12.1 Å². The van der Waals surface area contributed by atoms with E-state index in [2.05, 4.69) is 0 Å². The molecule has 0 saturated carbocycles. The Balaban J connectivity index is 2.21. The normalized spacial score (nSPS) is 10.6. The van der Waals surface area contributed by atoms with Crippen LogP contribution >= 0.6 is 0 Å². The van der Waals surface area contributed by atoms with E-state index in [4.69, 9.17) is 18.6 Å². The molecular formula is C18H16O5. The van der Waals surface area contributed by atoms with Crippen LogP contribution in [-0.4, -0.2) is 21.3 Å². The Kier molecular flexibility index (Phi) is 3.93. The van der Waals surface area contributed by atoms with Crippen molar-refractivity contribution < 1.29 is 18.6 Å². The lowest BCUT2D eigenvalue weighted by Crippen LogP contribution is -2.06. The summed E-state index contributed by atoms with van der Waals surface area (Å²) in [6.45, 7) is 0. The first-order chi connectivity index (χ1) is 11.2. The molecule has 5 heteroatoms. The summed E-state index contributed by atoms with van der Waals surface area (Å²) in [6, 6.07) is 10.6. The van der Waals surface area contributed by atoms with E-state index in [0.717, 1.165) is 11.3 Å². The van der Waals surface area contributed by atoms with Crippen LogP contribution in [0.5, 0.6) is 17.2 Å². The van der Waals surface area contributed by atoms with E-state index in [0.29, 0.717) is 28.0 Å². The zero-order valence-corrected chi connectivity index (χ0v) is 13.1. The molecule has 2 aromatic carbocycles. The summed E-state index contributed by atoms with van der Waals surface area (Å²) in [7, 11) is 4.64. The number of benzene rings is 2. The third-order valence-corrected chi connectivity index (χ3v) is 3.68. The fourth-order valence-corrected chi connectivity index (χ4v) is 2.48. The van der Waals surface area contributed by atoms with Gasteiger partial charge >= 0.3 is 0 Å². The molecule has 118 valence electrons. The molecule has 0 aliphatic carbocycles. The summed E-state index contributed by atoms with van der Waals surface area (Å²) in [5.41, 5.74) is 1.48. The summed E-state index contributed by atoms with van der Waals surface area (Å²) in [6.07, 6.45) is 1.44. The van der Waals surface area contributed by atoms with Crippen molar-refractivity contribution in [1.29, 1.82) is 0 Å². The number of methoxy groups -OCH3 is 3. The van der Waals surface area contributed by atoms with E-state index in [1.54, 1.807) is 31.4 Å². The van der Waals surface area contributed by atoms with Crippen molar-refractivity contribution in [3.05, 3.63) is 52.9 Å². The summed E-state index contributed by atoms with van der Waals surface area (Å²) < 4.78 is 21.3. The average molecular weight is 312 g/mol. The smallest absolute Gasteiger partial charge is 0.204 e. The van der Waals surface area contributed by atoms with Gasteiger partial charge < -0.3 is 18.6 Å². The predicted molar refractivity (Wildman–Crippen MR) is 87.6 cm³/mol. The molecule has 0 aliphatic heterocycles. The van der Waals surface area contributed by atoms with Crippen LogP contribution in [0.3, 0.4) is 0 Å². The molecule has 0 unspecified atom stereocenters. The molecule has 0 radical (unpaired) electrons. The highest BCUT2D eigenvalue weighted by atomic mass is 16.5. The minimum atomic E-state index is -0.127. The number of fused-ring (bicyclic) bond motifs is 1. The van der Waals surface area contributed by atoms with Gasteiger partial charge in [-0.05, 0) is 29.8 Å². The summed E-state index contributed by atoms with van der Waals surface area (Å²) in [5.74, 6) is 1.65. The molecule has 0 N–H and O–H groups in total. The van der Waals surface area contributed by atoms with Crippen molar-refractivity contribution in [2.24, 2.45) is 0 Å². The molecule has 0 bridgehead atoms. The van der Waals surface area contributed by atoms with Crippen molar-refractivity contribution in [1.82, 2.24) is 0 Å². The van der Waals surface area contributed by atoms with Gasteiger partial charge in [-0.15, -0.1) is 0 Å². The lowest BCUT2D eigenvalue weighted by molar-refractivity contribution is 0.353. The first kappa shape index (κ1) is 15.0. The average Bonchev–Trinajstić information content (AvgIpc) is 2.61. The highest BCUT2D eigenvalue weighted by Crippen LogP contribution is 2.35. The third kappa shape index (κ3) is 2.50. The maximum Gasteiger partial charge on any atom is 0.204 e. The van der Waals surface area contributed by atoms with Crippen LogP contribution in [0.1, 0.15) is 0 Å². The second-order valence-electron chi connectivity index (χ2n) is 4.88. The molecule has 0 spiro atoms. The van der Waals surface area contributed by atoms with Crippen LogP contribution in [0.25, 0.3) is 22.1 Å². The largest absolute Gasteiger partial charge is 0.497 e. The quantitative estimate of drug-likeness (QED) is 0.738. The van der Waals surface area contributed by atoms with Crippen LogP contribution in [-0.2, 0) is 0 Å². The molecule has 1 aromatic heterocycles. The molecule has 5 nitrogen and oxygen atoms in total. The number of rotatable bonds is 4. The molecule has 0 fully saturated rings. The van der Waals surface area contributed by atoms with Gasteiger partial charge in [-0.25, -0.2) is 0 Å². The van der Waals surface area contributed by atoms with E-state index in [-0.39, 0.29) is 5.43 Å². The Labute approximate surface area is 133 Å². The first-order valence-electron chi connectivity index (χ1n) is 7.00. The predicted octanol–water partition coefficient (Wildman–Crippen LogP) is 3.49. The molecular weight excluding hydrogens is 296 g/mol. The van der Waals surface area contributed by atoms with Gasteiger partial charge in [0.2, 0.25) is 11.2 Å². The van der Waals surface area contributed by atoms with Gasteiger partial charge in [0.1, 0.15) is 12.0 Å². The fraction of sp³-hybridized carbons (Fsp3) is 0.167. The highest BCUT2D eigenvalue weighted by Gasteiger charge is 2.16. The molecule has 23 heavy (non-hydrogen) atoms. The minimum absolute atomic E-state index is 0.127. The molecule has 3 rings (SSSR count). The Morgan fingerprint density at radius 1 is 0.870 bits per heavy atom. The van der Waals surface area contributed by atoms with Crippen LogP contribution in [0.4, 0.5) is 0 Å². The molecule has 0 saturated heterocycles. The van der Waals surface area contributed by atoms with E-state index in [1.807, 2.05) is 12.1 Å². The van der Waals surface area contributed by atoms with Crippen LogP contribution in [0.15, 0.2) is 51.9 Å². The number of ether oxygens (including phenoxy) is 3. The van der Waals surface area contributed by atoms with Gasteiger partial charge in [-0.3, -0.25) is 4.79 Å². The molecule has 1 heterocycles. The van der Waals surface area contributed by atoms with Crippen molar-refractivity contribution in [2.45, 2.75) is 0 Å². The topological polar surface area (TPSA) is 57.9 Å². The third-order valence-electron chi connectivity index (χ3n) is 3.68. The molecule has 0 aliphatic rings. The van der Waals surface area contributed by atoms with Gasteiger partial charge in [0.25, 0.3) is 0 Å². The zero-order chi connectivity index (χ0) is 16.4. The van der Waals surface area contributed by atoms with Crippen molar-refractivity contribution >= 4 is 11.0 Å². The van der Waals surface area contributed by atoms with Crippen molar-refractivity contribution in [3.8, 4) is 28.4 Å². The number of hydrogen-bond donors (Lipinski definition) is 0. The second-order valence-corrected chi connectivity index (χ2v) is 4.88. The maximum absolute atomic E-state index is 12.8. The van der Waals surface area contributed by atoms with Gasteiger partial charge in [0.15, 0.2) is 11.3 Å². The van der Waals surface area contributed by atoms with E-state index < -0.39 is 0 Å². The summed E-state index contributed by atoms with van der Waals surface area (Å²) in [5, 5.41) is 0.441. The lowest BCUT2D eigenvalue weighted by Gasteiger charge is -2.10. The first-order valence-corrected chi connectivity index (χ1v) is 7.00. The zero-order valence-electron chi connectivity index (χ0n) is 13.1. The molecule has 0 amide bonds. The van der Waals surface area contributed by atoms with E-state index >= 15 is 0 Å². The Hall–Kier alpha value is -2.95. The minimum Gasteiger partial charge on any atom is -0.497 e. The van der Waals surface area contributed by atoms with Crippen LogP contribution < -0.4 is 19.6 Å². The van der Waals surface area contributed by atoms with E-state index in [9.17, 15) is 4.79 Å². The van der Waals surface area contributed by atoms with Gasteiger partial charge in [0, 0.05) is 0 Å². The number of hydrogen-bond acceptors (Lipinski definition) is 5. The maximum atomic E-state index is 12.8. The molecule has 3 aromatic rings. The van der Waals surface area contributed by atoms with Gasteiger partial charge in [-0.2, -0.15) is 0 Å². The second kappa shape index (κ2) is 6.04. The monoisotopic (exact) mass is 312 g/mol. The highest BCUT2D eigenvalue weighted by molar-refractivity contribution is 5.88. The summed E-state index contributed by atoms with van der Waals surface area (Å²) >= 11 is 0. The SMILES string of the molecule is COc1ccc(-c2coc3c(OC)c(OC)ccc3c2=O)cc1. The van der Waals surface area contributed by atoms with Crippen molar-refractivity contribution in [2.75, 3.05) is 21.3 Å². The standard InChI is InChI=1S/C18H16O5/c1-20-12-6-4-11(5-7-12)14-10-23-17-13(16(14)19)8-9-15(21-2)18(17)22-3/h4-10H,1-3H3. The van der Waals surface area contributed by atoms with Gasteiger partial charge in [0.05, 0.1) is 32.3 Å². The Morgan fingerprint density at radius 3 is 2.22 bits per heavy atom. The van der Waals surface area contributed by atoms with E-state index in [1.165, 1.54) is 20.5 Å². The Bertz CT molecular complexity index is 894. The Morgan fingerprint density at radius 2 is 1.61 bits per heavy atom. The van der Waals surface area contributed by atoms with Crippen LogP contribution in [0.2, 0.25) is 0 Å². The lowest BCUT2D eigenvalue weighted by atomic mass is 10.1. The van der Waals surface area contributed by atoms with Crippen LogP contribution in [0, 0.1) is 0 Å². The fourth-order valence-electron chi connectivity index (χ4n) is 2.48. The molecule has 0 atom stereocenters. The van der Waals surface area contributed by atoms with Crippen molar-refractivity contribution in [3.63, 3.8) is 0 Å². The summed E-state index contributed by atoms with van der Waals surface area (Å²) in [4.78, 5) is 12.8.